The fourth-order valence-corrected chi connectivity index (χ4v) is 2.06. The molecule has 22 heavy (non-hydrogen) atoms. The number of amides is 4. The molecule has 1 aromatic carbocycles. The molecular formula is C15H16N2O5. The van der Waals surface area contributed by atoms with Gasteiger partial charge in [0.1, 0.15) is 5.70 Å². The maximum atomic E-state index is 11.8. The van der Waals surface area contributed by atoms with Crippen LogP contribution in [0.25, 0.3) is 6.08 Å². The van der Waals surface area contributed by atoms with Gasteiger partial charge >= 0.3 is 6.03 Å². The maximum absolute atomic E-state index is 11.8. The minimum absolute atomic E-state index is 0.0101. The zero-order valence-corrected chi connectivity index (χ0v) is 12.5. The normalized spacial score (nSPS) is 16.0. The lowest BCUT2D eigenvalue weighted by atomic mass is 10.1. The number of ether oxygens (including phenoxy) is 2. The van der Waals surface area contributed by atoms with Gasteiger partial charge < -0.3 is 9.47 Å². The van der Waals surface area contributed by atoms with Crippen LogP contribution in [0.1, 0.15) is 18.9 Å². The van der Waals surface area contributed by atoms with Crippen LogP contribution >= 0.6 is 0 Å². The zero-order chi connectivity index (χ0) is 16.3. The number of methoxy groups -OCH3 is 2. The van der Waals surface area contributed by atoms with Crippen molar-refractivity contribution in [2.24, 2.45) is 0 Å². The van der Waals surface area contributed by atoms with Crippen LogP contribution in [0, 0.1) is 0 Å². The van der Waals surface area contributed by atoms with Crippen molar-refractivity contribution in [1.82, 2.24) is 10.2 Å². The van der Waals surface area contributed by atoms with Crippen molar-refractivity contribution in [1.29, 1.82) is 0 Å². The van der Waals surface area contributed by atoms with Gasteiger partial charge in [-0.1, -0.05) is 13.0 Å². The maximum Gasteiger partial charge on any atom is 0.335 e. The van der Waals surface area contributed by atoms with Crippen LogP contribution in [-0.2, 0) is 9.59 Å². The quantitative estimate of drug-likeness (QED) is 0.673. The molecule has 4 amide bonds. The Kier molecular flexibility index (Phi) is 4.45. The Labute approximate surface area is 127 Å². The summed E-state index contributed by atoms with van der Waals surface area (Å²) in [6, 6.07) is 4.28. The van der Waals surface area contributed by atoms with Gasteiger partial charge in [-0.3, -0.25) is 14.9 Å². The summed E-state index contributed by atoms with van der Waals surface area (Å²) in [5.74, 6) is -0.0373. The Morgan fingerprint density at radius 3 is 2.50 bits per heavy atom. The number of carbonyl (C=O) groups excluding carboxylic acids is 3. The van der Waals surface area contributed by atoms with Crippen molar-refractivity contribution in [3.05, 3.63) is 29.5 Å². The second kappa shape index (κ2) is 6.30. The Balaban J connectivity index is 2.44. The molecule has 2 rings (SSSR count). The molecule has 1 fully saturated rings. The molecule has 1 N–H and O–H groups in total. The van der Waals surface area contributed by atoms with E-state index in [-0.39, 0.29) is 12.1 Å². The van der Waals surface area contributed by atoms with Gasteiger partial charge in [-0.25, -0.2) is 9.69 Å². The van der Waals surface area contributed by atoms with E-state index in [1.165, 1.54) is 20.3 Å². The molecule has 1 heterocycles. The molecule has 0 unspecified atom stereocenters. The van der Waals surface area contributed by atoms with Gasteiger partial charge in [0.25, 0.3) is 5.91 Å². The highest BCUT2D eigenvalue weighted by Crippen LogP contribution is 2.29. The van der Waals surface area contributed by atoms with Crippen molar-refractivity contribution in [3.8, 4) is 11.5 Å². The van der Waals surface area contributed by atoms with E-state index in [2.05, 4.69) is 5.32 Å². The fraction of sp³-hybridized carbons (Fsp3) is 0.267. The van der Waals surface area contributed by atoms with E-state index in [4.69, 9.17) is 9.47 Å². The minimum Gasteiger partial charge on any atom is -0.493 e. The van der Waals surface area contributed by atoms with E-state index in [1.54, 1.807) is 25.1 Å². The van der Waals surface area contributed by atoms with Crippen LogP contribution in [0.5, 0.6) is 11.5 Å². The van der Waals surface area contributed by atoms with Crippen molar-refractivity contribution in [2.75, 3.05) is 14.2 Å². The largest absolute Gasteiger partial charge is 0.493 e. The summed E-state index contributed by atoms with van der Waals surface area (Å²) in [5.41, 5.74) is 0.593. The van der Waals surface area contributed by atoms with E-state index < -0.39 is 17.8 Å². The minimum atomic E-state index is -0.733. The molecule has 0 bridgehead atoms. The molecule has 0 aromatic heterocycles. The summed E-state index contributed by atoms with van der Waals surface area (Å²) < 4.78 is 10.3. The number of nitrogens with one attached hydrogen (secondary N) is 1. The van der Waals surface area contributed by atoms with Crippen LogP contribution in [0.2, 0.25) is 0 Å². The van der Waals surface area contributed by atoms with Gasteiger partial charge in [0.2, 0.25) is 5.91 Å². The van der Waals surface area contributed by atoms with Crippen molar-refractivity contribution in [3.63, 3.8) is 0 Å². The van der Waals surface area contributed by atoms with E-state index in [9.17, 15) is 14.4 Å². The molecule has 7 heteroatoms. The van der Waals surface area contributed by atoms with Crippen molar-refractivity contribution >= 4 is 23.9 Å². The smallest absolute Gasteiger partial charge is 0.335 e. The third kappa shape index (κ3) is 2.78. The van der Waals surface area contributed by atoms with E-state index in [1.807, 2.05) is 0 Å². The van der Waals surface area contributed by atoms with Gasteiger partial charge in [-0.05, 0) is 23.8 Å². The highest BCUT2D eigenvalue weighted by atomic mass is 16.5. The Morgan fingerprint density at radius 1 is 1.23 bits per heavy atom. The summed E-state index contributed by atoms with van der Waals surface area (Å²) in [4.78, 5) is 36.2. The number of urea groups is 1. The number of carbonyl (C=O) groups is 3. The number of imide groups is 2. The number of hydrogen-bond donors (Lipinski definition) is 1. The Morgan fingerprint density at radius 2 is 1.91 bits per heavy atom. The van der Waals surface area contributed by atoms with Crippen LogP contribution in [0.4, 0.5) is 4.79 Å². The van der Waals surface area contributed by atoms with Crippen molar-refractivity contribution in [2.45, 2.75) is 13.3 Å². The number of nitrogens with zero attached hydrogens (tertiary/aromatic N) is 1. The summed E-state index contributed by atoms with van der Waals surface area (Å²) in [7, 11) is 3.01. The van der Waals surface area contributed by atoms with Crippen molar-refractivity contribution < 1.29 is 23.9 Å². The van der Waals surface area contributed by atoms with Crippen LogP contribution < -0.4 is 14.8 Å². The molecule has 1 aromatic rings. The molecule has 1 saturated heterocycles. The predicted molar refractivity (Wildman–Crippen MR) is 78.2 cm³/mol. The Hall–Kier alpha value is -2.83. The van der Waals surface area contributed by atoms with Gasteiger partial charge in [0, 0.05) is 6.42 Å². The van der Waals surface area contributed by atoms with Gasteiger partial charge in [-0.15, -0.1) is 0 Å². The lowest BCUT2D eigenvalue weighted by molar-refractivity contribution is -0.127. The third-order valence-electron chi connectivity index (χ3n) is 3.16. The molecule has 1 aliphatic heterocycles. The second-order valence-corrected chi connectivity index (χ2v) is 4.49. The zero-order valence-electron chi connectivity index (χ0n) is 12.5. The monoisotopic (exact) mass is 304 g/mol. The second-order valence-electron chi connectivity index (χ2n) is 4.49. The summed E-state index contributed by atoms with van der Waals surface area (Å²) >= 11 is 0. The third-order valence-corrected chi connectivity index (χ3v) is 3.16. The summed E-state index contributed by atoms with van der Waals surface area (Å²) in [6.45, 7) is 1.62. The average Bonchev–Trinajstić information content (AvgIpc) is 2.80. The highest BCUT2D eigenvalue weighted by molar-refractivity contribution is 6.20. The summed E-state index contributed by atoms with van der Waals surface area (Å²) in [5, 5.41) is 2.11. The molecule has 0 atom stereocenters. The first kappa shape index (κ1) is 15.6. The van der Waals surface area contributed by atoms with Gasteiger partial charge in [0.15, 0.2) is 11.5 Å². The van der Waals surface area contributed by atoms with E-state index >= 15 is 0 Å². The number of rotatable bonds is 4. The van der Waals surface area contributed by atoms with Crippen LogP contribution in [-0.4, -0.2) is 37.0 Å². The number of benzene rings is 1. The first-order valence-corrected chi connectivity index (χ1v) is 6.63. The molecule has 116 valence electrons. The standard InChI is InChI=1S/C15H16N2O5/c1-4-13(18)17-10(14(19)16-15(17)20)7-9-5-6-11(21-2)12(8-9)22-3/h5-8H,4H2,1-3H3,(H,16,19,20)/b10-7-. The van der Waals surface area contributed by atoms with E-state index in [0.29, 0.717) is 17.1 Å². The van der Waals surface area contributed by atoms with Crippen LogP contribution in [0.15, 0.2) is 23.9 Å². The first-order chi connectivity index (χ1) is 10.5. The predicted octanol–water partition coefficient (Wildman–Crippen LogP) is 1.53. The molecule has 0 aliphatic carbocycles. The number of hydrogen-bond acceptors (Lipinski definition) is 5. The molecule has 0 radical (unpaired) electrons. The lowest BCUT2D eigenvalue weighted by Gasteiger charge is -2.12. The fourth-order valence-electron chi connectivity index (χ4n) is 2.06. The first-order valence-electron chi connectivity index (χ1n) is 6.63. The van der Waals surface area contributed by atoms with Gasteiger partial charge in [0.05, 0.1) is 14.2 Å². The summed E-state index contributed by atoms with van der Waals surface area (Å²) in [6.07, 6.45) is 1.57. The molecule has 7 nitrogen and oxygen atoms in total. The topological polar surface area (TPSA) is 84.9 Å². The average molecular weight is 304 g/mol. The van der Waals surface area contributed by atoms with Gasteiger partial charge in [-0.2, -0.15) is 0 Å². The van der Waals surface area contributed by atoms with Crippen LogP contribution in [0.3, 0.4) is 0 Å². The Bertz CT molecular complexity index is 666. The lowest BCUT2D eigenvalue weighted by Crippen LogP contribution is -2.32. The van der Waals surface area contributed by atoms with E-state index in [0.717, 1.165) is 4.90 Å². The molecular weight excluding hydrogens is 288 g/mol. The molecule has 1 aliphatic rings. The SMILES string of the molecule is CCC(=O)N1C(=O)NC(=O)/C1=C/c1ccc(OC)c(OC)c1. The molecule has 0 spiro atoms. The molecule has 0 saturated carbocycles. The highest BCUT2D eigenvalue weighted by Gasteiger charge is 2.36.